The van der Waals surface area contributed by atoms with Crippen LogP contribution in [0.4, 0.5) is 0 Å². The van der Waals surface area contributed by atoms with Crippen molar-refractivity contribution in [3.63, 3.8) is 0 Å². The van der Waals surface area contributed by atoms with Crippen LogP contribution >= 0.6 is 0 Å². The van der Waals surface area contributed by atoms with Gasteiger partial charge in [-0.25, -0.2) is 0 Å². The third-order valence-corrected chi connectivity index (χ3v) is 5.04. The molecule has 0 radical (unpaired) electrons. The molecule has 2 fully saturated rings. The minimum atomic E-state index is -0.331. The first-order chi connectivity index (χ1) is 9.19. The molecule has 1 aromatic rings. The van der Waals surface area contributed by atoms with Crippen molar-refractivity contribution in [2.24, 2.45) is 5.92 Å². The van der Waals surface area contributed by atoms with E-state index in [-0.39, 0.29) is 6.10 Å². The molecular formula is C16H23NO2. The number of fused-ring (bicyclic) bond motifs is 2. The maximum Gasteiger partial charge on any atom is 0.118 e. The van der Waals surface area contributed by atoms with Crippen LogP contribution in [0.25, 0.3) is 0 Å². The third kappa shape index (κ3) is 2.37. The van der Waals surface area contributed by atoms with Gasteiger partial charge in [0.25, 0.3) is 0 Å². The van der Waals surface area contributed by atoms with Crippen LogP contribution in [0.5, 0.6) is 5.75 Å². The van der Waals surface area contributed by atoms with E-state index < -0.39 is 0 Å². The van der Waals surface area contributed by atoms with Crippen molar-refractivity contribution in [3.05, 3.63) is 29.8 Å². The number of methoxy groups -OCH3 is 1. The number of benzene rings is 1. The lowest BCUT2D eigenvalue weighted by Gasteiger charge is -2.38. The summed E-state index contributed by atoms with van der Waals surface area (Å²) in [5.74, 6) is 1.25. The highest BCUT2D eigenvalue weighted by molar-refractivity contribution is 5.28. The average Bonchev–Trinajstić information content (AvgIpc) is 2.68. The minimum Gasteiger partial charge on any atom is -0.497 e. The van der Waals surface area contributed by atoms with Gasteiger partial charge in [-0.3, -0.25) is 0 Å². The number of rotatable bonds is 3. The van der Waals surface area contributed by atoms with Gasteiger partial charge in [0.05, 0.1) is 13.2 Å². The molecule has 3 rings (SSSR count). The summed E-state index contributed by atoms with van der Waals surface area (Å²) >= 11 is 0. The van der Waals surface area contributed by atoms with Crippen LogP contribution in [0.15, 0.2) is 24.3 Å². The zero-order chi connectivity index (χ0) is 13.4. The molecule has 3 atom stereocenters. The predicted molar refractivity (Wildman–Crippen MR) is 75.3 cm³/mol. The Morgan fingerprint density at radius 3 is 2.26 bits per heavy atom. The number of hydrogen-bond acceptors (Lipinski definition) is 3. The van der Waals surface area contributed by atoms with Crippen LogP contribution in [0.2, 0.25) is 0 Å². The maximum atomic E-state index is 10.6. The molecule has 2 aliphatic rings. The number of hydrogen-bond donors (Lipinski definition) is 1. The summed E-state index contributed by atoms with van der Waals surface area (Å²) in [5, 5.41) is 10.6. The first kappa shape index (κ1) is 12.9. The summed E-state index contributed by atoms with van der Waals surface area (Å²) in [6.45, 7) is 0. The highest BCUT2D eigenvalue weighted by Crippen LogP contribution is 2.42. The van der Waals surface area contributed by atoms with Crippen LogP contribution in [0, 0.1) is 5.92 Å². The highest BCUT2D eigenvalue weighted by Gasteiger charge is 2.40. The summed E-state index contributed by atoms with van der Waals surface area (Å²) in [6.07, 6.45) is 4.52. The zero-order valence-corrected chi connectivity index (χ0v) is 11.7. The van der Waals surface area contributed by atoms with Gasteiger partial charge in [0.15, 0.2) is 0 Å². The van der Waals surface area contributed by atoms with Gasteiger partial charge in [0, 0.05) is 12.1 Å². The summed E-state index contributed by atoms with van der Waals surface area (Å²) in [6, 6.07) is 9.20. The van der Waals surface area contributed by atoms with Gasteiger partial charge < -0.3 is 14.7 Å². The molecule has 3 nitrogen and oxygen atoms in total. The monoisotopic (exact) mass is 261 g/mol. The van der Waals surface area contributed by atoms with E-state index in [1.165, 1.54) is 12.8 Å². The molecule has 2 heterocycles. The lowest BCUT2D eigenvalue weighted by molar-refractivity contribution is 0.0356. The van der Waals surface area contributed by atoms with Crippen molar-refractivity contribution in [1.82, 2.24) is 4.90 Å². The largest absolute Gasteiger partial charge is 0.497 e. The molecule has 2 bridgehead atoms. The van der Waals surface area contributed by atoms with Crippen molar-refractivity contribution >= 4 is 0 Å². The number of aliphatic hydroxyl groups is 1. The summed E-state index contributed by atoms with van der Waals surface area (Å²) in [7, 11) is 3.90. The predicted octanol–water partition coefficient (Wildman–Crippen LogP) is 2.60. The Balaban J connectivity index is 1.71. The average molecular weight is 261 g/mol. The second-order valence-electron chi connectivity index (χ2n) is 6.00. The first-order valence-electron chi connectivity index (χ1n) is 7.23. The quantitative estimate of drug-likeness (QED) is 0.908. The summed E-state index contributed by atoms with van der Waals surface area (Å²) < 4.78 is 5.16. The van der Waals surface area contributed by atoms with Crippen molar-refractivity contribution in [1.29, 1.82) is 0 Å². The van der Waals surface area contributed by atoms with Gasteiger partial charge in [-0.05, 0) is 56.3 Å². The van der Waals surface area contributed by atoms with E-state index in [9.17, 15) is 5.11 Å². The van der Waals surface area contributed by atoms with Crippen LogP contribution in [-0.4, -0.2) is 36.2 Å². The van der Waals surface area contributed by atoms with E-state index in [2.05, 4.69) is 11.9 Å². The number of ether oxygens (including phenoxy) is 1. The number of nitrogens with zero attached hydrogens (tertiary/aromatic N) is 1. The molecule has 3 unspecified atom stereocenters. The molecule has 0 spiro atoms. The fraction of sp³-hybridized carbons (Fsp3) is 0.625. The first-order valence-corrected chi connectivity index (χ1v) is 7.23. The topological polar surface area (TPSA) is 32.7 Å². The van der Waals surface area contributed by atoms with E-state index >= 15 is 0 Å². The second-order valence-corrected chi connectivity index (χ2v) is 6.00. The Morgan fingerprint density at radius 1 is 1.16 bits per heavy atom. The van der Waals surface area contributed by atoms with Crippen molar-refractivity contribution in [2.75, 3.05) is 14.2 Å². The zero-order valence-electron chi connectivity index (χ0n) is 11.7. The molecule has 3 heteroatoms. The molecule has 19 heavy (non-hydrogen) atoms. The van der Waals surface area contributed by atoms with Crippen LogP contribution < -0.4 is 4.74 Å². The molecule has 0 aliphatic carbocycles. The number of aliphatic hydroxyl groups excluding tert-OH is 1. The summed E-state index contributed by atoms with van der Waals surface area (Å²) in [4.78, 5) is 2.51. The van der Waals surface area contributed by atoms with Gasteiger partial charge in [-0.2, -0.15) is 0 Å². The van der Waals surface area contributed by atoms with Crippen molar-refractivity contribution in [2.45, 2.75) is 43.9 Å². The SMILES string of the molecule is COc1ccc(C(O)C2CC3CCC(C2)N3C)cc1. The van der Waals surface area contributed by atoms with E-state index in [1.54, 1.807) is 7.11 Å². The normalized spacial score (nSPS) is 32.3. The Hall–Kier alpha value is -1.06. The minimum absolute atomic E-state index is 0.331. The van der Waals surface area contributed by atoms with Gasteiger partial charge in [-0.1, -0.05) is 12.1 Å². The van der Waals surface area contributed by atoms with Crippen LogP contribution in [-0.2, 0) is 0 Å². The lowest BCUT2D eigenvalue weighted by Crippen LogP contribution is -2.41. The Morgan fingerprint density at radius 2 is 1.74 bits per heavy atom. The van der Waals surface area contributed by atoms with E-state index in [1.807, 2.05) is 24.3 Å². The molecular weight excluding hydrogens is 238 g/mol. The smallest absolute Gasteiger partial charge is 0.118 e. The molecule has 1 N–H and O–H groups in total. The third-order valence-electron chi connectivity index (χ3n) is 5.04. The molecule has 0 aromatic heterocycles. The molecule has 104 valence electrons. The molecule has 2 saturated heterocycles. The van der Waals surface area contributed by atoms with Gasteiger partial charge in [-0.15, -0.1) is 0 Å². The Kier molecular flexibility index (Phi) is 3.50. The van der Waals surface area contributed by atoms with Crippen molar-refractivity contribution < 1.29 is 9.84 Å². The Labute approximate surface area is 115 Å². The molecule has 0 saturated carbocycles. The highest BCUT2D eigenvalue weighted by atomic mass is 16.5. The van der Waals surface area contributed by atoms with Crippen molar-refractivity contribution in [3.8, 4) is 5.75 Å². The van der Waals surface area contributed by atoms with E-state index in [0.717, 1.165) is 24.2 Å². The molecule has 2 aliphatic heterocycles. The van der Waals surface area contributed by atoms with Gasteiger partial charge in [0.1, 0.15) is 5.75 Å². The second kappa shape index (κ2) is 5.14. The van der Waals surface area contributed by atoms with Gasteiger partial charge >= 0.3 is 0 Å². The summed E-state index contributed by atoms with van der Waals surface area (Å²) in [5.41, 5.74) is 1.02. The maximum absolute atomic E-state index is 10.6. The Bertz CT molecular complexity index is 417. The molecule has 1 aromatic carbocycles. The van der Waals surface area contributed by atoms with Gasteiger partial charge in [0.2, 0.25) is 0 Å². The van der Waals surface area contributed by atoms with E-state index in [0.29, 0.717) is 18.0 Å². The fourth-order valence-electron chi connectivity index (χ4n) is 3.78. The fourth-order valence-corrected chi connectivity index (χ4v) is 3.78. The van der Waals surface area contributed by atoms with Crippen LogP contribution in [0.3, 0.4) is 0 Å². The van der Waals surface area contributed by atoms with Crippen LogP contribution in [0.1, 0.15) is 37.4 Å². The standard InChI is InChI=1S/C16H23NO2/c1-17-13-5-6-14(17)10-12(9-13)16(18)11-3-7-15(19-2)8-4-11/h3-4,7-8,12-14,16,18H,5-6,9-10H2,1-2H3. The molecule has 0 amide bonds. The number of piperidine rings is 1. The van der Waals surface area contributed by atoms with E-state index in [4.69, 9.17) is 4.74 Å². The lowest BCUT2D eigenvalue weighted by atomic mass is 9.84.